The molecule has 8 nitrogen and oxygen atoms in total. The number of H-pyrrole nitrogens is 1. The molecular weight excluding hydrogens is 408 g/mol. The first kappa shape index (κ1) is 21.4. The molecule has 0 saturated carbocycles. The number of nitrogens with zero attached hydrogens (tertiary/aromatic N) is 2. The van der Waals surface area contributed by atoms with Gasteiger partial charge in [-0.1, -0.05) is 18.2 Å². The van der Waals surface area contributed by atoms with E-state index in [9.17, 15) is 4.79 Å². The lowest BCUT2D eigenvalue weighted by atomic mass is 10.1. The Bertz CT molecular complexity index is 1200. The van der Waals surface area contributed by atoms with Gasteiger partial charge in [0.2, 0.25) is 5.75 Å². The van der Waals surface area contributed by atoms with E-state index in [1.807, 2.05) is 24.3 Å². The third-order valence-corrected chi connectivity index (χ3v) is 5.29. The Morgan fingerprint density at radius 1 is 1.09 bits per heavy atom. The smallest absolute Gasteiger partial charge is 0.259 e. The largest absolute Gasteiger partial charge is 0.493 e. The number of carbonyl (C=O) groups is 1. The second kappa shape index (κ2) is 9.55. The summed E-state index contributed by atoms with van der Waals surface area (Å²) in [6, 6.07) is 3.32. The SMILES string of the molecule is COc1ccc(C(=O)NC2=CC=C(c3nc4c([nH]3)=CCCCN=4)CC=C2)c(OC)c1OC. The topological polar surface area (TPSA) is 97.8 Å². The van der Waals surface area contributed by atoms with Crippen LogP contribution in [-0.2, 0) is 0 Å². The number of carbonyl (C=O) groups excluding carboxylic acids is 1. The Morgan fingerprint density at radius 2 is 1.94 bits per heavy atom. The maximum Gasteiger partial charge on any atom is 0.259 e. The minimum Gasteiger partial charge on any atom is -0.493 e. The van der Waals surface area contributed by atoms with Crippen molar-refractivity contribution in [3.05, 3.63) is 64.4 Å². The standard InChI is InChI=1S/C24H26N4O4/c1-30-19-13-12-17(20(31-2)21(19)32-3)24(29)26-16-8-6-7-15(10-11-16)22-27-18-9-4-5-14-25-23(18)28-22/h6,8-13H,4-5,7,14H2,1-3H3,(H,26,29)(H,25,27,28). The molecule has 32 heavy (non-hydrogen) atoms. The molecule has 8 heteroatoms. The maximum atomic E-state index is 13.0. The molecule has 2 heterocycles. The zero-order chi connectivity index (χ0) is 22.5. The number of nitrogens with one attached hydrogen (secondary N) is 2. The van der Waals surface area contributed by atoms with Crippen LogP contribution in [0.4, 0.5) is 0 Å². The molecular formula is C24H26N4O4. The summed E-state index contributed by atoms with van der Waals surface area (Å²) in [4.78, 5) is 25.5. The van der Waals surface area contributed by atoms with Crippen LogP contribution in [0, 0.1) is 0 Å². The number of benzene rings is 1. The van der Waals surface area contributed by atoms with Gasteiger partial charge in [-0.15, -0.1) is 0 Å². The van der Waals surface area contributed by atoms with Gasteiger partial charge < -0.3 is 24.5 Å². The van der Waals surface area contributed by atoms with Crippen LogP contribution in [0.15, 0.2) is 47.1 Å². The summed E-state index contributed by atoms with van der Waals surface area (Å²) in [6.45, 7) is 0.794. The van der Waals surface area contributed by atoms with Crippen molar-refractivity contribution in [2.45, 2.75) is 19.3 Å². The lowest BCUT2D eigenvalue weighted by Gasteiger charge is -2.15. The number of aromatic amines is 1. The van der Waals surface area contributed by atoms with Crippen LogP contribution in [0.25, 0.3) is 11.6 Å². The number of ether oxygens (including phenoxy) is 3. The molecule has 1 aliphatic heterocycles. The maximum absolute atomic E-state index is 13.0. The fourth-order valence-corrected chi connectivity index (χ4v) is 3.68. The number of methoxy groups -OCH3 is 3. The Labute approximate surface area is 186 Å². The lowest BCUT2D eigenvalue weighted by Crippen LogP contribution is -2.23. The zero-order valence-electron chi connectivity index (χ0n) is 18.4. The highest BCUT2D eigenvalue weighted by Gasteiger charge is 2.21. The van der Waals surface area contributed by atoms with E-state index in [1.165, 1.54) is 21.3 Å². The fourth-order valence-electron chi connectivity index (χ4n) is 3.68. The van der Waals surface area contributed by atoms with Crippen LogP contribution in [-0.4, -0.2) is 43.7 Å². The average Bonchev–Trinajstić information content (AvgIpc) is 2.96. The van der Waals surface area contributed by atoms with Gasteiger partial charge in [-0.05, 0) is 49.1 Å². The average molecular weight is 434 g/mol. The molecule has 1 aliphatic carbocycles. The monoisotopic (exact) mass is 434 g/mol. The van der Waals surface area contributed by atoms with Crippen LogP contribution in [0.3, 0.4) is 0 Å². The van der Waals surface area contributed by atoms with Gasteiger partial charge in [-0.3, -0.25) is 9.79 Å². The molecule has 0 bridgehead atoms. The Kier molecular flexibility index (Phi) is 6.39. The number of hydrogen-bond acceptors (Lipinski definition) is 6. The predicted molar refractivity (Wildman–Crippen MR) is 121 cm³/mol. The number of allylic oxidation sites excluding steroid dienone is 5. The molecule has 1 amide bonds. The summed E-state index contributed by atoms with van der Waals surface area (Å²) in [5.74, 6) is 1.66. The van der Waals surface area contributed by atoms with E-state index in [4.69, 9.17) is 14.2 Å². The van der Waals surface area contributed by atoms with Crippen molar-refractivity contribution < 1.29 is 19.0 Å². The highest BCUT2D eigenvalue weighted by Crippen LogP contribution is 2.39. The van der Waals surface area contributed by atoms with Gasteiger partial charge in [-0.2, -0.15) is 0 Å². The quantitative estimate of drug-likeness (QED) is 0.727. The van der Waals surface area contributed by atoms with Crippen LogP contribution in [0.5, 0.6) is 17.2 Å². The summed E-state index contributed by atoms with van der Waals surface area (Å²) >= 11 is 0. The number of aromatic nitrogens is 2. The highest BCUT2D eigenvalue weighted by molar-refractivity contribution is 5.99. The highest BCUT2D eigenvalue weighted by atomic mass is 16.5. The molecule has 0 radical (unpaired) electrons. The van der Waals surface area contributed by atoms with E-state index in [2.05, 4.69) is 26.4 Å². The second-order valence-corrected chi connectivity index (χ2v) is 7.31. The number of rotatable bonds is 6. The van der Waals surface area contributed by atoms with Crippen LogP contribution in [0.1, 0.15) is 35.4 Å². The molecule has 0 saturated heterocycles. The first-order valence-corrected chi connectivity index (χ1v) is 10.4. The van der Waals surface area contributed by atoms with Gasteiger partial charge in [0.25, 0.3) is 5.91 Å². The normalized spacial score (nSPS) is 15.1. The molecule has 0 spiro atoms. The summed E-state index contributed by atoms with van der Waals surface area (Å²) in [6.07, 6.45) is 12.5. The number of fused-ring (bicyclic) bond motifs is 1. The van der Waals surface area contributed by atoms with Crippen molar-refractivity contribution in [3.63, 3.8) is 0 Å². The third-order valence-electron chi connectivity index (χ3n) is 5.29. The number of imidazole rings is 1. The van der Waals surface area contributed by atoms with Crippen molar-refractivity contribution in [1.29, 1.82) is 0 Å². The van der Waals surface area contributed by atoms with Crippen LogP contribution >= 0.6 is 0 Å². The van der Waals surface area contributed by atoms with E-state index < -0.39 is 0 Å². The Morgan fingerprint density at radius 3 is 2.72 bits per heavy atom. The first-order chi connectivity index (χ1) is 15.6. The summed E-state index contributed by atoms with van der Waals surface area (Å²) in [7, 11) is 4.53. The minimum absolute atomic E-state index is 0.311. The van der Waals surface area contributed by atoms with E-state index in [1.54, 1.807) is 12.1 Å². The van der Waals surface area contributed by atoms with Crippen molar-refractivity contribution in [1.82, 2.24) is 15.3 Å². The lowest BCUT2D eigenvalue weighted by molar-refractivity contribution is 0.0963. The molecule has 2 N–H and O–H groups in total. The molecule has 4 rings (SSSR count). The second-order valence-electron chi connectivity index (χ2n) is 7.31. The van der Waals surface area contributed by atoms with Gasteiger partial charge in [0.05, 0.1) is 32.2 Å². The molecule has 1 aromatic heterocycles. The van der Waals surface area contributed by atoms with E-state index in [0.717, 1.165) is 41.6 Å². The van der Waals surface area contributed by atoms with Crippen LogP contribution in [0.2, 0.25) is 0 Å². The summed E-state index contributed by atoms with van der Waals surface area (Å²) in [5, 5.41) is 3.90. The van der Waals surface area contributed by atoms with E-state index in [0.29, 0.717) is 34.9 Å². The Balaban J connectivity index is 1.58. The molecule has 0 fully saturated rings. The first-order valence-electron chi connectivity index (χ1n) is 10.4. The molecule has 1 aromatic carbocycles. The minimum atomic E-state index is -0.311. The Hall–Kier alpha value is -3.81. The third kappa shape index (κ3) is 4.30. The molecule has 166 valence electrons. The van der Waals surface area contributed by atoms with E-state index in [-0.39, 0.29) is 5.91 Å². The predicted octanol–water partition coefficient (Wildman–Crippen LogP) is 2.29. The number of hydrogen-bond donors (Lipinski definition) is 2. The van der Waals surface area contributed by atoms with Gasteiger partial charge in [0.1, 0.15) is 5.82 Å². The van der Waals surface area contributed by atoms with E-state index >= 15 is 0 Å². The molecule has 2 aromatic rings. The van der Waals surface area contributed by atoms with Gasteiger partial charge in [-0.25, -0.2) is 4.98 Å². The molecule has 0 unspecified atom stereocenters. The van der Waals surface area contributed by atoms with Crippen molar-refractivity contribution in [2.24, 2.45) is 4.99 Å². The van der Waals surface area contributed by atoms with Gasteiger partial charge >= 0.3 is 0 Å². The molecule has 2 aliphatic rings. The summed E-state index contributed by atoms with van der Waals surface area (Å²) < 4.78 is 16.1. The van der Waals surface area contributed by atoms with Gasteiger partial charge in [0, 0.05) is 12.2 Å². The zero-order valence-corrected chi connectivity index (χ0v) is 18.4. The van der Waals surface area contributed by atoms with Crippen molar-refractivity contribution in [2.75, 3.05) is 27.9 Å². The van der Waals surface area contributed by atoms with Crippen molar-refractivity contribution >= 4 is 17.6 Å². The van der Waals surface area contributed by atoms with Crippen LogP contribution < -0.4 is 30.4 Å². The van der Waals surface area contributed by atoms with Crippen molar-refractivity contribution in [3.8, 4) is 17.2 Å². The summed E-state index contributed by atoms with van der Waals surface area (Å²) in [5.41, 5.74) is 2.79. The fraction of sp³-hybridized carbons (Fsp3) is 0.292. The number of amides is 1. The molecule has 0 atom stereocenters. The van der Waals surface area contributed by atoms with Gasteiger partial charge in [0.15, 0.2) is 17.0 Å².